The fraction of sp³-hybridized carbons (Fsp3) is 0.667. The van der Waals surface area contributed by atoms with E-state index in [-0.39, 0.29) is 0 Å². The van der Waals surface area contributed by atoms with Gasteiger partial charge in [-0.1, -0.05) is 0 Å². The number of aromatic nitrogens is 2. The molecule has 2 heterocycles. The van der Waals surface area contributed by atoms with Gasteiger partial charge in [-0.05, 0) is 12.8 Å². The Morgan fingerprint density at radius 3 is 2.35 bits per heavy atom. The minimum absolute atomic E-state index is 0.450. The molecule has 1 saturated heterocycles. The van der Waals surface area contributed by atoms with Gasteiger partial charge < -0.3 is 14.6 Å². The van der Waals surface area contributed by atoms with Gasteiger partial charge in [0.15, 0.2) is 5.79 Å². The molecule has 0 radical (unpaired) electrons. The summed E-state index contributed by atoms with van der Waals surface area (Å²) in [6.07, 6.45) is 7.48. The van der Waals surface area contributed by atoms with E-state index in [9.17, 15) is 5.11 Å². The van der Waals surface area contributed by atoms with Crippen molar-refractivity contribution in [3.8, 4) is 0 Å². The Labute approximate surface area is 99.8 Å². The Bertz CT molecular complexity index is 380. The standard InChI is InChI=1S/C12H16N2O3/c15-11(10-9-13-5-6-14-10)1-3-12(4-2-11)16-7-8-17-12/h5-6,9,15H,1-4,7-8H2. The third kappa shape index (κ3) is 1.94. The van der Waals surface area contributed by atoms with E-state index in [0.717, 1.165) is 0 Å². The first-order valence-corrected chi connectivity index (χ1v) is 5.99. The molecule has 3 rings (SSSR count). The Morgan fingerprint density at radius 2 is 1.76 bits per heavy atom. The summed E-state index contributed by atoms with van der Waals surface area (Å²) < 4.78 is 11.3. The molecule has 1 aromatic rings. The molecular weight excluding hydrogens is 220 g/mol. The van der Waals surface area contributed by atoms with Gasteiger partial charge in [-0.3, -0.25) is 9.97 Å². The van der Waals surface area contributed by atoms with Gasteiger partial charge in [0.2, 0.25) is 0 Å². The monoisotopic (exact) mass is 236 g/mol. The van der Waals surface area contributed by atoms with Crippen LogP contribution >= 0.6 is 0 Å². The van der Waals surface area contributed by atoms with Crippen LogP contribution in [0.25, 0.3) is 0 Å². The van der Waals surface area contributed by atoms with E-state index >= 15 is 0 Å². The number of ether oxygens (including phenoxy) is 2. The van der Waals surface area contributed by atoms with Crippen LogP contribution in [0.4, 0.5) is 0 Å². The van der Waals surface area contributed by atoms with Crippen molar-refractivity contribution in [2.24, 2.45) is 0 Å². The van der Waals surface area contributed by atoms with Gasteiger partial charge in [0.05, 0.1) is 25.1 Å². The van der Waals surface area contributed by atoms with Crippen LogP contribution < -0.4 is 0 Å². The molecule has 92 valence electrons. The second-order valence-corrected chi connectivity index (χ2v) is 4.73. The topological polar surface area (TPSA) is 64.5 Å². The molecular formula is C12H16N2O3. The molecule has 0 amide bonds. The van der Waals surface area contributed by atoms with Gasteiger partial charge in [-0.15, -0.1) is 0 Å². The lowest BCUT2D eigenvalue weighted by molar-refractivity contribution is -0.204. The lowest BCUT2D eigenvalue weighted by atomic mass is 9.79. The van der Waals surface area contributed by atoms with Gasteiger partial charge in [0, 0.05) is 25.2 Å². The average Bonchev–Trinajstić information content (AvgIpc) is 2.84. The Hall–Kier alpha value is -1.04. The van der Waals surface area contributed by atoms with Crippen molar-refractivity contribution in [2.75, 3.05) is 13.2 Å². The number of hydrogen-bond donors (Lipinski definition) is 1. The number of hydrogen-bond acceptors (Lipinski definition) is 5. The summed E-state index contributed by atoms with van der Waals surface area (Å²) in [5.41, 5.74) is -0.234. The molecule has 0 aromatic carbocycles. The van der Waals surface area contributed by atoms with Crippen LogP contribution in [0.2, 0.25) is 0 Å². The van der Waals surface area contributed by atoms with Crippen molar-refractivity contribution in [3.05, 3.63) is 24.3 Å². The van der Waals surface area contributed by atoms with Crippen LogP contribution in [0.15, 0.2) is 18.6 Å². The fourth-order valence-electron chi connectivity index (χ4n) is 2.63. The van der Waals surface area contributed by atoms with Crippen molar-refractivity contribution in [2.45, 2.75) is 37.1 Å². The molecule has 5 heteroatoms. The maximum absolute atomic E-state index is 10.6. The van der Waals surface area contributed by atoms with E-state index in [4.69, 9.17) is 9.47 Å². The lowest BCUT2D eigenvalue weighted by Crippen LogP contribution is -2.42. The summed E-state index contributed by atoms with van der Waals surface area (Å²) in [6, 6.07) is 0. The summed E-state index contributed by atoms with van der Waals surface area (Å²) >= 11 is 0. The van der Waals surface area contributed by atoms with Gasteiger partial charge >= 0.3 is 0 Å². The normalized spacial score (nSPS) is 26.2. The molecule has 0 unspecified atom stereocenters. The molecule has 0 bridgehead atoms. The van der Waals surface area contributed by atoms with E-state index in [0.29, 0.717) is 44.6 Å². The number of rotatable bonds is 1. The smallest absolute Gasteiger partial charge is 0.168 e. The molecule has 1 spiro atoms. The van der Waals surface area contributed by atoms with Crippen LogP contribution in [-0.2, 0) is 15.1 Å². The first kappa shape index (κ1) is 11.1. The second-order valence-electron chi connectivity index (χ2n) is 4.73. The Balaban J connectivity index is 1.75. The summed E-state index contributed by atoms with van der Waals surface area (Å²) in [7, 11) is 0. The van der Waals surface area contributed by atoms with Crippen LogP contribution in [0, 0.1) is 0 Å². The van der Waals surface area contributed by atoms with Gasteiger partial charge in [-0.25, -0.2) is 0 Å². The summed E-state index contributed by atoms with van der Waals surface area (Å²) in [5.74, 6) is -0.450. The quantitative estimate of drug-likeness (QED) is 0.787. The fourth-order valence-corrected chi connectivity index (χ4v) is 2.63. The molecule has 1 aliphatic heterocycles. The maximum Gasteiger partial charge on any atom is 0.168 e. The van der Waals surface area contributed by atoms with E-state index in [2.05, 4.69) is 9.97 Å². The molecule has 1 aromatic heterocycles. The SMILES string of the molecule is OC1(c2cnccn2)CCC2(CC1)OCCO2. The third-order valence-corrected chi connectivity index (χ3v) is 3.69. The predicted octanol–water partition coefficient (Wildman–Crippen LogP) is 0.981. The Kier molecular flexibility index (Phi) is 2.61. The molecule has 2 fully saturated rings. The van der Waals surface area contributed by atoms with Gasteiger partial charge in [0.1, 0.15) is 5.60 Å². The minimum atomic E-state index is -0.880. The highest BCUT2D eigenvalue weighted by atomic mass is 16.7. The lowest BCUT2D eigenvalue weighted by Gasteiger charge is -2.39. The summed E-state index contributed by atoms with van der Waals surface area (Å²) in [5, 5.41) is 10.6. The first-order valence-electron chi connectivity index (χ1n) is 5.99. The maximum atomic E-state index is 10.6. The zero-order valence-corrected chi connectivity index (χ0v) is 9.63. The van der Waals surface area contributed by atoms with Crippen LogP contribution in [0.3, 0.4) is 0 Å². The van der Waals surface area contributed by atoms with Crippen molar-refractivity contribution in [1.29, 1.82) is 0 Å². The molecule has 0 atom stereocenters. The summed E-state index contributed by atoms with van der Waals surface area (Å²) in [6.45, 7) is 1.31. The molecule has 5 nitrogen and oxygen atoms in total. The minimum Gasteiger partial charge on any atom is -0.383 e. The van der Waals surface area contributed by atoms with Gasteiger partial charge in [0.25, 0.3) is 0 Å². The highest BCUT2D eigenvalue weighted by Gasteiger charge is 2.46. The predicted molar refractivity (Wildman–Crippen MR) is 59.0 cm³/mol. The number of nitrogens with zero attached hydrogens (tertiary/aromatic N) is 2. The van der Waals surface area contributed by atoms with Crippen LogP contribution in [0.1, 0.15) is 31.4 Å². The zero-order chi connectivity index (χ0) is 11.8. The van der Waals surface area contributed by atoms with Crippen molar-refractivity contribution in [3.63, 3.8) is 0 Å². The molecule has 1 N–H and O–H groups in total. The number of aliphatic hydroxyl groups is 1. The van der Waals surface area contributed by atoms with E-state index < -0.39 is 11.4 Å². The summed E-state index contributed by atoms with van der Waals surface area (Å²) in [4.78, 5) is 8.20. The van der Waals surface area contributed by atoms with E-state index in [1.165, 1.54) is 0 Å². The van der Waals surface area contributed by atoms with Crippen LogP contribution in [0.5, 0.6) is 0 Å². The second kappa shape index (κ2) is 4.01. The Morgan fingerprint density at radius 1 is 1.06 bits per heavy atom. The van der Waals surface area contributed by atoms with Crippen molar-refractivity contribution in [1.82, 2.24) is 9.97 Å². The highest BCUT2D eigenvalue weighted by molar-refractivity contribution is 5.10. The first-order chi connectivity index (χ1) is 8.23. The van der Waals surface area contributed by atoms with Gasteiger partial charge in [-0.2, -0.15) is 0 Å². The largest absolute Gasteiger partial charge is 0.383 e. The molecule has 1 saturated carbocycles. The van der Waals surface area contributed by atoms with Crippen molar-refractivity contribution < 1.29 is 14.6 Å². The van der Waals surface area contributed by atoms with E-state index in [1.807, 2.05) is 0 Å². The molecule has 2 aliphatic rings. The third-order valence-electron chi connectivity index (χ3n) is 3.69. The average molecular weight is 236 g/mol. The molecule has 17 heavy (non-hydrogen) atoms. The van der Waals surface area contributed by atoms with Crippen LogP contribution in [-0.4, -0.2) is 34.1 Å². The van der Waals surface area contributed by atoms with E-state index in [1.54, 1.807) is 18.6 Å². The molecule has 1 aliphatic carbocycles. The zero-order valence-electron chi connectivity index (χ0n) is 9.63. The highest BCUT2D eigenvalue weighted by Crippen LogP contribution is 2.43. The van der Waals surface area contributed by atoms with Crippen molar-refractivity contribution >= 4 is 0 Å².